The molecule has 182 valence electrons. The molecule has 5 rings (SSSR count). The van der Waals surface area contributed by atoms with E-state index in [1.165, 1.54) is 0 Å². The third-order valence-corrected chi connectivity index (χ3v) is 6.01. The first-order valence-corrected chi connectivity index (χ1v) is 11.9. The Hall–Kier alpha value is -4.50. The summed E-state index contributed by atoms with van der Waals surface area (Å²) >= 11 is 0. The quantitative estimate of drug-likeness (QED) is 0.369. The number of carbonyl (C=O) groups excluding carboxylic acids is 1. The van der Waals surface area contributed by atoms with Gasteiger partial charge in [-0.05, 0) is 43.4 Å². The van der Waals surface area contributed by atoms with Gasteiger partial charge in [0.1, 0.15) is 5.82 Å². The molecule has 9 nitrogen and oxygen atoms in total. The van der Waals surface area contributed by atoms with Gasteiger partial charge < -0.3 is 20.4 Å². The number of para-hydroxylation sites is 2. The summed E-state index contributed by atoms with van der Waals surface area (Å²) in [5, 5.41) is 17.3. The molecule has 1 aliphatic rings. The predicted octanol–water partition coefficient (Wildman–Crippen LogP) is 4.68. The molecule has 0 saturated carbocycles. The lowest BCUT2D eigenvalue weighted by molar-refractivity contribution is 0.262. The minimum absolute atomic E-state index is 0.362. The first-order valence-electron chi connectivity index (χ1n) is 11.9. The number of amides is 2. The number of pyridine rings is 1. The standard InChI is InChI=1S/C27H28N8O/c1-34-15-17-35(18-16-34)26-14-11-21(19-28-26)29-23-9-5-6-10-24(23)30-27(36)31-25-13-12-22(32-33-25)20-7-3-2-4-8-20/h2-14,19,29H,15-18H2,1H3,(H2,30,31,33,36). The zero-order chi connectivity index (χ0) is 24.7. The SMILES string of the molecule is CN1CCN(c2ccc(Nc3ccccc3NC(=O)Nc3ccc(-c4ccccc4)nn3)cn2)CC1. The van der Waals surface area contributed by atoms with Crippen LogP contribution in [0.5, 0.6) is 0 Å². The number of nitrogens with zero attached hydrogens (tertiary/aromatic N) is 5. The second kappa shape index (κ2) is 10.8. The molecule has 2 aromatic heterocycles. The fourth-order valence-corrected chi connectivity index (χ4v) is 3.97. The number of hydrogen-bond donors (Lipinski definition) is 3. The van der Waals surface area contributed by atoms with Crippen molar-refractivity contribution in [1.82, 2.24) is 20.1 Å². The Bertz CT molecular complexity index is 1290. The van der Waals surface area contributed by atoms with Crippen LogP contribution in [0.4, 0.5) is 33.5 Å². The molecule has 0 radical (unpaired) electrons. The summed E-state index contributed by atoms with van der Waals surface area (Å²) in [5.41, 5.74) is 3.93. The molecule has 9 heteroatoms. The van der Waals surface area contributed by atoms with Gasteiger partial charge in [-0.2, -0.15) is 0 Å². The van der Waals surface area contributed by atoms with Crippen LogP contribution in [0, 0.1) is 0 Å². The molecule has 0 bridgehead atoms. The molecule has 3 heterocycles. The maximum absolute atomic E-state index is 12.6. The first-order chi connectivity index (χ1) is 17.6. The summed E-state index contributed by atoms with van der Waals surface area (Å²) < 4.78 is 0. The number of urea groups is 1. The van der Waals surface area contributed by atoms with Crippen LogP contribution in [0.25, 0.3) is 11.3 Å². The fourth-order valence-electron chi connectivity index (χ4n) is 3.97. The largest absolute Gasteiger partial charge is 0.354 e. The number of aromatic nitrogens is 3. The van der Waals surface area contributed by atoms with E-state index in [1.54, 1.807) is 6.07 Å². The summed E-state index contributed by atoms with van der Waals surface area (Å²) in [4.78, 5) is 21.9. The van der Waals surface area contributed by atoms with Crippen LogP contribution in [-0.4, -0.2) is 59.3 Å². The van der Waals surface area contributed by atoms with E-state index in [0.717, 1.165) is 54.6 Å². The van der Waals surface area contributed by atoms with Crippen LogP contribution in [0.2, 0.25) is 0 Å². The lowest BCUT2D eigenvalue weighted by Crippen LogP contribution is -2.44. The number of piperazine rings is 1. The number of anilines is 5. The van der Waals surface area contributed by atoms with Crippen molar-refractivity contribution in [3.05, 3.63) is 85.1 Å². The molecule has 2 aromatic carbocycles. The van der Waals surface area contributed by atoms with Crippen LogP contribution in [-0.2, 0) is 0 Å². The van der Waals surface area contributed by atoms with Crippen molar-refractivity contribution < 1.29 is 4.79 Å². The van der Waals surface area contributed by atoms with Crippen molar-refractivity contribution in [2.45, 2.75) is 0 Å². The normalized spacial score (nSPS) is 13.8. The number of hydrogen-bond acceptors (Lipinski definition) is 7. The molecule has 0 aliphatic carbocycles. The summed E-state index contributed by atoms with van der Waals surface area (Å²) in [5.74, 6) is 1.33. The van der Waals surface area contributed by atoms with Gasteiger partial charge in [-0.25, -0.2) is 9.78 Å². The number of rotatable bonds is 6. The lowest BCUT2D eigenvalue weighted by atomic mass is 10.1. The Morgan fingerprint density at radius 1 is 0.778 bits per heavy atom. The molecule has 3 N–H and O–H groups in total. The Labute approximate surface area is 210 Å². The molecule has 1 aliphatic heterocycles. The molecular weight excluding hydrogens is 452 g/mol. The van der Waals surface area contributed by atoms with Gasteiger partial charge in [-0.1, -0.05) is 42.5 Å². The topological polar surface area (TPSA) is 98.3 Å². The lowest BCUT2D eigenvalue weighted by Gasteiger charge is -2.33. The fraction of sp³-hybridized carbons (Fsp3) is 0.185. The van der Waals surface area contributed by atoms with E-state index in [4.69, 9.17) is 0 Å². The third-order valence-electron chi connectivity index (χ3n) is 6.01. The highest BCUT2D eigenvalue weighted by Crippen LogP contribution is 2.26. The van der Waals surface area contributed by atoms with Crippen molar-refractivity contribution in [2.24, 2.45) is 0 Å². The van der Waals surface area contributed by atoms with E-state index in [1.807, 2.05) is 79.0 Å². The van der Waals surface area contributed by atoms with Crippen LogP contribution in [0.3, 0.4) is 0 Å². The highest BCUT2D eigenvalue weighted by atomic mass is 16.2. The molecule has 1 saturated heterocycles. The molecule has 36 heavy (non-hydrogen) atoms. The van der Waals surface area contributed by atoms with E-state index in [-0.39, 0.29) is 0 Å². The first kappa shape index (κ1) is 23.3. The van der Waals surface area contributed by atoms with Crippen molar-refractivity contribution in [2.75, 3.05) is 54.1 Å². The highest BCUT2D eigenvalue weighted by molar-refractivity contribution is 6.01. The average molecular weight is 481 g/mol. The summed E-state index contributed by atoms with van der Waals surface area (Å²) in [6.45, 7) is 4.01. The molecular formula is C27H28N8O. The smallest absolute Gasteiger partial charge is 0.324 e. The molecule has 0 spiro atoms. The maximum Gasteiger partial charge on any atom is 0.324 e. The van der Waals surface area contributed by atoms with Gasteiger partial charge in [0.15, 0.2) is 5.82 Å². The Morgan fingerprint density at radius 3 is 2.22 bits per heavy atom. The van der Waals surface area contributed by atoms with Gasteiger partial charge in [-0.3, -0.25) is 5.32 Å². The molecule has 1 fully saturated rings. The van der Waals surface area contributed by atoms with Gasteiger partial charge in [0.25, 0.3) is 0 Å². The van der Waals surface area contributed by atoms with Crippen LogP contribution in [0.15, 0.2) is 85.1 Å². The summed E-state index contributed by atoms with van der Waals surface area (Å²) in [6.07, 6.45) is 1.81. The third kappa shape index (κ3) is 5.76. The number of likely N-dealkylation sites (N-methyl/N-ethyl adjacent to an activating group) is 1. The predicted molar refractivity (Wildman–Crippen MR) is 144 cm³/mol. The summed E-state index contributed by atoms with van der Waals surface area (Å²) in [7, 11) is 2.14. The Morgan fingerprint density at radius 2 is 1.53 bits per heavy atom. The van der Waals surface area contributed by atoms with Crippen LogP contribution >= 0.6 is 0 Å². The molecule has 0 unspecified atom stereocenters. The van der Waals surface area contributed by atoms with E-state index < -0.39 is 6.03 Å². The Kier molecular flexibility index (Phi) is 7.00. The van der Waals surface area contributed by atoms with Gasteiger partial charge in [0.05, 0.1) is 29.0 Å². The van der Waals surface area contributed by atoms with Crippen molar-refractivity contribution in [1.29, 1.82) is 0 Å². The van der Waals surface area contributed by atoms with Crippen molar-refractivity contribution >= 4 is 34.7 Å². The van der Waals surface area contributed by atoms with Crippen molar-refractivity contribution in [3.8, 4) is 11.3 Å². The minimum atomic E-state index is -0.408. The van der Waals surface area contributed by atoms with Crippen molar-refractivity contribution in [3.63, 3.8) is 0 Å². The molecule has 4 aromatic rings. The summed E-state index contributed by atoms with van der Waals surface area (Å²) in [6, 6.07) is 24.4. The second-order valence-corrected chi connectivity index (χ2v) is 8.61. The van der Waals surface area contributed by atoms with Gasteiger partial charge in [-0.15, -0.1) is 10.2 Å². The zero-order valence-electron chi connectivity index (χ0n) is 20.1. The number of carbonyl (C=O) groups is 1. The van der Waals surface area contributed by atoms with Crippen LogP contribution < -0.4 is 20.9 Å². The van der Waals surface area contributed by atoms with E-state index >= 15 is 0 Å². The molecule has 0 atom stereocenters. The monoisotopic (exact) mass is 480 g/mol. The van der Waals surface area contributed by atoms with Gasteiger partial charge >= 0.3 is 6.03 Å². The van der Waals surface area contributed by atoms with E-state index in [2.05, 4.69) is 48.0 Å². The number of benzene rings is 2. The minimum Gasteiger partial charge on any atom is -0.354 e. The number of nitrogens with one attached hydrogen (secondary N) is 3. The van der Waals surface area contributed by atoms with Gasteiger partial charge in [0.2, 0.25) is 0 Å². The van der Waals surface area contributed by atoms with Crippen LogP contribution in [0.1, 0.15) is 0 Å². The zero-order valence-corrected chi connectivity index (χ0v) is 20.1. The average Bonchev–Trinajstić information content (AvgIpc) is 2.92. The van der Waals surface area contributed by atoms with E-state index in [0.29, 0.717) is 11.5 Å². The second-order valence-electron chi connectivity index (χ2n) is 8.61. The maximum atomic E-state index is 12.6. The van der Waals surface area contributed by atoms with Gasteiger partial charge in [0, 0.05) is 31.7 Å². The Balaban J connectivity index is 1.20. The molecule has 2 amide bonds. The van der Waals surface area contributed by atoms with E-state index in [9.17, 15) is 4.79 Å². The highest BCUT2D eigenvalue weighted by Gasteiger charge is 2.15.